The molecule has 2 rings (SSSR count). The van der Waals surface area contributed by atoms with Crippen LogP contribution in [0.1, 0.15) is 54.9 Å². The predicted octanol–water partition coefficient (Wildman–Crippen LogP) is 2.55. The number of carbonyl (C=O) groups is 2. The number of hydrogen-bond donors (Lipinski definition) is 3. The highest BCUT2D eigenvalue weighted by atomic mass is 16.4. The number of benzene rings is 1. The van der Waals surface area contributed by atoms with Gasteiger partial charge in [0.1, 0.15) is 11.5 Å². The number of carbonyl (C=O) groups excluding carboxylic acids is 1. The fourth-order valence-electron chi connectivity index (χ4n) is 2.99. The molecular formula is C17H23NO5. The zero-order chi connectivity index (χ0) is 17.1. The lowest BCUT2D eigenvalue weighted by atomic mass is 9.92. The maximum Gasteiger partial charge on any atom is 0.303 e. The molecule has 0 atom stereocenters. The van der Waals surface area contributed by atoms with Crippen LogP contribution in [0.3, 0.4) is 0 Å². The third-order valence-corrected chi connectivity index (χ3v) is 4.36. The smallest absolute Gasteiger partial charge is 0.303 e. The average Bonchev–Trinajstić information content (AvgIpc) is 2.46. The number of amides is 1. The van der Waals surface area contributed by atoms with Gasteiger partial charge < -0.3 is 20.2 Å². The SMILES string of the molecule is CC(C)c1cc(C(=O)N2CCC(CC(=O)O)CC2)c(O)cc1O. The molecule has 0 saturated carbocycles. The van der Waals surface area contributed by atoms with Crippen LogP contribution in [-0.2, 0) is 4.79 Å². The summed E-state index contributed by atoms with van der Waals surface area (Å²) in [5.41, 5.74) is 0.801. The Balaban J connectivity index is 2.12. The molecule has 1 aromatic carbocycles. The monoisotopic (exact) mass is 321 g/mol. The van der Waals surface area contributed by atoms with E-state index in [0.717, 1.165) is 0 Å². The normalized spacial score (nSPS) is 15.9. The van der Waals surface area contributed by atoms with Gasteiger partial charge in [-0.3, -0.25) is 9.59 Å². The molecule has 0 spiro atoms. The highest BCUT2D eigenvalue weighted by Crippen LogP contribution is 2.33. The molecule has 1 aromatic rings. The van der Waals surface area contributed by atoms with Crippen LogP contribution in [-0.4, -0.2) is 45.2 Å². The van der Waals surface area contributed by atoms with Crippen molar-refractivity contribution in [3.8, 4) is 11.5 Å². The van der Waals surface area contributed by atoms with Gasteiger partial charge >= 0.3 is 5.97 Å². The summed E-state index contributed by atoms with van der Waals surface area (Å²) in [5, 5.41) is 28.7. The molecule has 126 valence electrons. The largest absolute Gasteiger partial charge is 0.508 e. The number of aliphatic carboxylic acids is 1. The zero-order valence-corrected chi connectivity index (χ0v) is 13.5. The Morgan fingerprint density at radius 3 is 2.30 bits per heavy atom. The molecule has 1 aliphatic rings. The number of piperidine rings is 1. The second-order valence-corrected chi connectivity index (χ2v) is 6.42. The van der Waals surface area contributed by atoms with Crippen molar-refractivity contribution in [2.24, 2.45) is 5.92 Å². The molecule has 23 heavy (non-hydrogen) atoms. The highest BCUT2D eigenvalue weighted by Gasteiger charge is 2.27. The average molecular weight is 321 g/mol. The lowest BCUT2D eigenvalue weighted by molar-refractivity contribution is -0.138. The van der Waals surface area contributed by atoms with E-state index in [9.17, 15) is 19.8 Å². The third-order valence-electron chi connectivity index (χ3n) is 4.36. The van der Waals surface area contributed by atoms with Crippen LogP contribution < -0.4 is 0 Å². The van der Waals surface area contributed by atoms with E-state index in [1.807, 2.05) is 13.8 Å². The van der Waals surface area contributed by atoms with E-state index in [2.05, 4.69) is 0 Å². The summed E-state index contributed by atoms with van der Waals surface area (Å²) >= 11 is 0. The number of rotatable bonds is 4. The number of nitrogens with zero attached hydrogens (tertiary/aromatic N) is 1. The van der Waals surface area contributed by atoms with Crippen molar-refractivity contribution >= 4 is 11.9 Å². The van der Waals surface area contributed by atoms with E-state index < -0.39 is 5.97 Å². The van der Waals surface area contributed by atoms with Gasteiger partial charge in [0.15, 0.2) is 0 Å². The Labute approximate surface area is 135 Å². The van der Waals surface area contributed by atoms with Gasteiger partial charge in [0.25, 0.3) is 5.91 Å². The standard InChI is InChI=1S/C17H23NO5/c1-10(2)12-8-13(15(20)9-14(12)19)17(23)18-5-3-11(4-6-18)7-16(21)22/h8-11,19-20H,3-7H2,1-2H3,(H,21,22). The lowest BCUT2D eigenvalue weighted by Crippen LogP contribution is -2.39. The van der Waals surface area contributed by atoms with Crippen LogP contribution in [0, 0.1) is 5.92 Å². The Bertz CT molecular complexity index is 603. The number of phenolic OH excluding ortho intramolecular Hbond substituents is 2. The van der Waals surface area contributed by atoms with Gasteiger partial charge in [0.05, 0.1) is 5.56 Å². The topological polar surface area (TPSA) is 98.1 Å². The van der Waals surface area contributed by atoms with Crippen LogP contribution in [0.2, 0.25) is 0 Å². The van der Waals surface area contributed by atoms with E-state index in [0.29, 0.717) is 31.5 Å². The third kappa shape index (κ3) is 3.94. The molecule has 0 aromatic heterocycles. The van der Waals surface area contributed by atoms with Crippen LogP contribution in [0.4, 0.5) is 0 Å². The van der Waals surface area contributed by atoms with Gasteiger partial charge in [-0.2, -0.15) is 0 Å². The Hall–Kier alpha value is -2.24. The first-order chi connectivity index (χ1) is 10.8. The molecule has 0 aliphatic carbocycles. The van der Waals surface area contributed by atoms with Crippen LogP contribution in [0.15, 0.2) is 12.1 Å². The number of aromatic hydroxyl groups is 2. The van der Waals surface area contributed by atoms with E-state index in [-0.39, 0.29) is 41.2 Å². The second kappa shape index (κ2) is 6.89. The molecule has 0 bridgehead atoms. The minimum Gasteiger partial charge on any atom is -0.508 e. The highest BCUT2D eigenvalue weighted by molar-refractivity contribution is 5.97. The Morgan fingerprint density at radius 1 is 1.17 bits per heavy atom. The van der Waals surface area contributed by atoms with E-state index >= 15 is 0 Å². The fraction of sp³-hybridized carbons (Fsp3) is 0.529. The molecule has 6 heteroatoms. The van der Waals surface area contributed by atoms with E-state index in [1.54, 1.807) is 11.0 Å². The lowest BCUT2D eigenvalue weighted by Gasteiger charge is -2.31. The number of likely N-dealkylation sites (tertiary alicyclic amines) is 1. The number of carboxylic acid groups (broad SMARTS) is 1. The summed E-state index contributed by atoms with van der Waals surface area (Å²) in [4.78, 5) is 25.0. The summed E-state index contributed by atoms with van der Waals surface area (Å²) in [7, 11) is 0. The van der Waals surface area contributed by atoms with E-state index in [1.165, 1.54) is 6.07 Å². The van der Waals surface area contributed by atoms with Crippen LogP contribution in [0.5, 0.6) is 11.5 Å². The van der Waals surface area contributed by atoms with Gasteiger partial charge in [-0.25, -0.2) is 0 Å². The number of phenols is 2. The molecule has 1 amide bonds. The summed E-state index contributed by atoms with van der Waals surface area (Å²) in [6, 6.07) is 2.75. The van der Waals surface area contributed by atoms with Gasteiger partial charge in [0.2, 0.25) is 0 Å². The Morgan fingerprint density at radius 2 is 1.78 bits per heavy atom. The van der Waals surface area contributed by atoms with Gasteiger partial charge in [0, 0.05) is 25.6 Å². The van der Waals surface area contributed by atoms with Crippen LogP contribution >= 0.6 is 0 Å². The van der Waals surface area contributed by atoms with Gasteiger partial charge in [-0.1, -0.05) is 13.8 Å². The minimum absolute atomic E-state index is 0.0192. The van der Waals surface area contributed by atoms with Crippen molar-refractivity contribution in [3.05, 3.63) is 23.3 Å². The molecule has 1 aliphatic heterocycles. The summed E-state index contributed by atoms with van der Waals surface area (Å²) in [5.74, 6) is -1.22. The van der Waals surface area contributed by atoms with Crippen molar-refractivity contribution in [3.63, 3.8) is 0 Å². The predicted molar refractivity (Wildman–Crippen MR) is 84.7 cm³/mol. The minimum atomic E-state index is -0.812. The van der Waals surface area contributed by atoms with Crippen molar-refractivity contribution in [2.45, 2.75) is 39.0 Å². The summed E-state index contributed by atoms with van der Waals surface area (Å²) in [6.45, 7) is 4.76. The molecule has 0 unspecified atom stereocenters. The maximum atomic E-state index is 12.6. The quantitative estimate of drug-likeness (QED) is 0.791. The molecule has 3 N–H and O–H groups in total. The molecule has 0 radical (unpaired) electrons. The van der Waals surface area contributed by atoms with Crippen LogP contribution in [0.25, 0.3) is 0 Å². The second-order valence-electron chi connectivity index (χ2n) is 6.42. The number of carboxylic acids is 1. The molecule has 1 fully saturated rings. The first-order valence-corrected chi connectivity index (χ1v) is 7.86. The van der Waals surface area contributed by atoms with Crippen molar-refractivity contribution in [1.29, 1.82) is 0 Å². The van der Waals surface area contributed by atoms with Gasteiger partial charge in [-0.15, -0.1) is 0 Å². The molecule has 1 heterocycles. The summed E-state index contributed by atoms with van der Waals surface area (Å²) in [6.07, 6.45) is 1.42. The summed E-state index contributed by atoms with van der Waals surface area (Å²) < 4.78 is 0. The van der Waals surface area contributed by atoms with Crippen molar-refractivity contribution in [1.82, 2.24) is 4.90 Å². The Kier molecular flexibility index (Phi) is 5.13. The molecular weight excluding hydrogens is 298 g/mol. The fourth-order valence-corrected chi connectivity index (χ4v) is 2.99. The van der Waals surface area contributed by atoms with Gasteiger partial charge in [-0.05, 0) is 36.3 Å². The zero-order valence-electron chi connectivity index (χ0n) is 13.5. The van der Waals surface area contributed by atoms with Crippen molar-refractivity contribution in [2.75, 3.05) is 13.1 Å². The molecule has 1 saturated heterocycles. The number of hydrogen-bond acceptors (Lipinski definition) is 4. The van der Waals surface area contributed by atoms with Crippen molar-refractivity contribution < 1.29 is 24.9 Å². The molecule has 6 nitrogen and oxygen atoms in total. The van der Waals surface area contributed by atoms with E-state index in [4.69, 9.17) is 5.11 Å². The first kappa shape index (κ1) is 17.1. The first-order valence-electron chi connectivity index (χ1n) is 7.86. The maximum absolute atomic E-state index is 12.6.